The van der Waals surface area contributed by atoms with Crippen molar-refractivity contribution in [3.63, 3.8) is 0 Å². The van der Waals surface area contributed by atoms with Crippen LogP contribution in [-0.2, 0) is 0 Å². The van der Waals surface area contributed by atoms with Crippen LogP contribution in [0.1, 0.15) is 108 Å². The molecule has 1 aromatic carbocycles. The lowest BCUT2D eigenvalue weighted by molar-refractivity contribution is 0.304. The van der Waals surface area contributed by atoms with Gasteiger partial charge in [-0.3, -0.25) is 0 Å². The lowest BCUT2D eigenvalue weighted by Gasteiger charge is -2.29. The standard InChI is InChI=1S/C25H38/c1-3-5-7-21-10-14-23(15-11-21)25-18-16-24(17-19-25)22-12-8-20(6-4-2)9-13-22/h12,16-21,23H,3-11,13-15H2,1-2H3/t20?,21-,23-. The molecular weight excluding hydrogens is 300 g/mol. The van der Waals surface area contributed by atoms with Gasteiger partial charge >= 0.3 is 0 Å². The van der Waals surface area contributed by atoms with Crippen LogP contribution in [0.3, 0.4) is 0 Å². The van der Waals surface area contributed by atoms with Gasteiger partial charge in [0.1, 0.15) is 0 Å². The maximum absolute atomic E-state index is 2.53. The Morgan fingerprint density at radius 2 is 1.56 bits per heavy atom. The Hall–Kier alpha value is -1.04. The van der Waals surface area contributed by atoms with Crippen LogP contribution in [-0.4, -0.2) is 0 Å². The van der Waals surface area contributed by atoms with E-state index in [1.807, 2.05) is 0 Å². The van der Waals surface area contributed by atoms with Gasteiger partial charge in [-0.25, -0.2) is 0 Å². The number of benzene rings is 1. The second-order valence-corrected chi connectivity index (χ2v) is 8.64. The Bertz CT molecular complexity index is 528. The molecule has 0 saturated heterocycles. The van der Waals surface area contributed by atoms with Crippen molar-refractivity contribution in [1.82, 2.24) is 0 Å². The van der Waals surface area contributed by atoms with Gasteiger partial charge in [-0.15, -0.1) is 0 Å². The second kappa shape index (κ2) is 9.60. The van der Waals surface area contributed by atoms with E-state index < -0.39 is 0 Å². The highest BCUT2D eigenvalue weighted by Crippen LogP contribution is 2.38. The first-order valence-electron chi connectivity index (χ1n) is 11.1. The van der Waals surface area contributed by atoms with Gasteiger partial charge in [0, 0.05) is 0 Å². The third-order valence-corrected chi connectivity index (χ3v) is 6.78. The van der Waals surface area contributed by atoms with E-state index in [0.717, 1.165) is 17.8 Å². The lowest BCUT2D eigenvalue weighted by Crippen LogP contribution is -2.13. The van der Waals surface area contributed by atoms with Gasteiger partial charge in [0.05, 0.1) is 0 Å². The molecule has 138 valence electrons. The monoisotopic (exact) mass is 338 g/mol. The number of hydrogen-bond acceptors (Lipinski definition) is 0. The van der Waals surface area contributed by atoms with Crippen LogP contribution >= 0.6 is 0 Å². The number of hydrogen-bond donors (Lipinski definition) is 0. The zero-order valence-corrected chi connectivity index (χ0v) is 16.6. The first kappa shape index (κ1) is 18.7. The molecule has 0 aliphatic heterocycles. The SMILES string of the molecule is CCCC[C@H]1CC[C@H](c2ccc(C3=CCC(CCC)CC3)cc2)CC1. The van der Waals surface area contributed by atoms with Crippen LogP contribution < -0.4 is 0 Å². The van der Waals surface area contributed by atoms with Crippen LogP contribution in [0.4, 0.5) is 0 Å². The first-order valence-corrected chi connectivity index (χ1v) is 11.1. The summed E-state index contributed by atoms with van der Waals surface area (Å²) in [7, 11) is 0. The van der Waals surface area contributed by atoms with E-state index in [1.54, 1.807) is 11.1 Å². The summed E-state index contributed by atoms with van der Waals surface area (Å²) in [6.07, 6.45) is 19.2. The molecule has 0 amide bonds. The maximum Gasteiger partial charge on any atom is -0.0162 e. The van der Waals surface area contributed by atoms with Gasteiger partial charge in [-0.05, 0) is 79.4 Å². The summed E-state index contributed by atoms with van der Waals surface area (Å²) in [5.41, 5.74) is 4.68. The average Bonchev–Trinajstić information content (AvgIpc) is 2.68. The molecule has 1 saturated carbocycles. The summed E-state index contributed by atoms with van der Waals surface area (Å²) in [5, 5.41) is 0. The number of unbranched alkanes of at least 4 members (excludes halogenated alkanes) is 1. The fourth-order valence-corrected chi connectivity index (χ4v) is 5.07. The Balaban J connectivity index is 1.53. The number of allylic oxidation sites excluding steroid dienone is 2. The van der Waals surface area contributed by atoms with Crippen molar-refractivity contribution in [1.29, 1.82) is 0 Å². The molecule has 0 radical (unpaired) electrons. The first-order chi connectivity index (χ1) is 12.3. The molecule has 1 atom stereocenters. The maximum atomic E-state index is 2.53. The van der Waals surface area contributed by atoms with E-state index in [4.69, 9.17) is 0 Å². The third-order valence-electron chi connectivity index (χ3n) is 6.78. The van der Waals surface area contributed by atoms with E-state index in [2.05, 4.69) is 44.2 Å². The summed E-state index contributed by atoms with van der Waals surface area (Å²) in [6, 6.07) is 9.69. The molecule has 0 spiro atoms. The highest BCUT2D eigenvalue weighted by Gasteiger charge is 2.22. The van der Waals surface area contributed by atoms with Crippen molar-refractivity contribution < 1.29 is 0 Å². The lowest BCUT2D eigenvalue weighted by atomic mass is 9.76. The van der Waals surface area contributed by atoms with Crippen molar-refractivity contribution in [2.45, 2.75) is 96.8 Å². The average molecular weight is 339 g/mol. The minimum absolute atomic E-state index is 0.821. The summed E-state index contributed by atoms with van der Waals surface area (Å²) >= 11 is 0. The molecule has 25 heavy (non-hydrogen) atoms. The summed E-state index contributed by atoms with van der Waals surface area (Å²) in [6.45, 7) is 4.63. The minimum atomic E-state index is 0.821. The number of rotatable bonds is 7. The third kappa shape index (κ3) is 5.22. The van der Waals surface area contributed by atoms with Crippen molar-refractivity contribution in [2.75, 3.05) is 0 Å². The zero-order chi connectivity index (χ0) is 17.5. The minimum Gasteiger partial charge on any atom is -0.0804 e. The van der Waals surface area contributed by atoms with Gasteiger partial charge in [0.2, 0.25) is 0 Å². The van der Waals surface area contributed by atoms with Gasteiger partial charge in [-0.2, -0.15) is 0 Å². The molecule has 0 heteroatoms. The highest BCUT2D eigenvalue weighted by atomic mass is 14.3. The van der Waals surface area contributed by atoms with E-state index >= 15 is 0 Å². The molecule has 0 N–H and O–H groups in total. The van der Waals surface area contributed by atoms with Crippen LogP contribution in [0.15, 0.2) is 30.3 Å². The molecule has 0 heterocycles. The summed E-state index contributed by atoms with van der Waals surface area (Å²) in [4.78, 5) is 0. The molecule has 2 aliphatic rings. The smallest absolute Gasteiger partial charge is 0.0162 e. The van der Waals surface area contributed by atoms with Gasteiger partial charge < -0.3 is 0 Å². The van der Waals surface area contributed by atoms with Crippen molar-refractivity contribution in [3.8, 4) is 0 Å². The fraction of sp³-hybridized carbons (Fsp3) is 0.680. The highest BCUT2D eigenvalue weighted by molar-refractivity contribution is 5.66. The Kier molecular flexibility index (Phi) is 7.20. The Labute approximate surface area is 156 Å². The molecule has 0 nitrogen and oxygen atoms in total. The van der Waals surface area contributed by atoms with Crippen molar-refractivity contribution in [2.24, 2.45) is 11.8 Å². The molecule has 0 aromatic heterocycles. The van der Waals surface area contributed by atoms with Gasteiger partial charge in [0.25, 0.3) is 0 Å². The molecule has 0 bridgehead atoms. The van der Waals surface area contributed by atoms with Crippen LogP contribution in [0.5, 0.6) is 0 Å². The van der Waals surface area contributed by atoms with E-state index in [9.17, 15) is 0 Å². The Morgan fingerprint density at radius 1 is 0.800 bits per heavy atom. The van der Waals surface area contributed by atoms with Crippen molar-refractivity contribution in [3.05, 3.63) is 41.5 Å². The summed E-state index contributed by atoms with van der Waals surface area (Å²) < 4.78 is 0. The largest absolute Gasteiger partial charge is 0.0804 e. The van der Waals surface area contributed by atoms with Crippen molar-refractivity contribution >= 4 is 5.57 Å². The molecule has 3 rings (SSSR count). The zero-order valence-electron chi connectivity index (χ0n) is 16.6. The van der Waals surface area contributed by atoms with E-state index in [1.165, 1.54) is 82.6 Å². The molecule has 1 aromatic rings. The van der Waals surface area contributed by atoms with E-state index in [0.29, 0.717) is 0 Å². The molecule has 1 fully saturated rings. The Morgan fingerprint density at radius 3 is 2.16 bits per heavy atom. The van der Waals surface area contributed by atoms with Gasteiger partial charge in [-0.1, -0.05) is 76.3 Å². The quantitative estimate of drug-likeness (QED) is 0.470. The fourth-order valence-electron chi connectivity index (χ4n) is 5.07. The van der Waals surface area contributed by atoms with Crippen LogP contribution in [0.2, 0.25) is 0 Å². The summed E-state index contributed by atoms with van der Waals surface area (Å²) in [5.74, 6) is 2.77. The second-order valence-electron chi connectivity index (χ2n) is 8.64. The molecular formula is C25H38. The molecule has 2 aliphatic carbocycles. The normalized spacial score (nSPS) is 27.1. The predicted octanol–water partition coefficient (Wildman–Crippen LogP) is 8.13. The van der Waals surface area contributed by atoms with Crippen LogP contribution in [0.25, 0.3) is 5.57 Å². The van der Waals surface area contributed by atoms with Gasteiger partial charge in [0.15, 0.2) is 0 Å². The molecule has 1 unspecified atom stereocenters. The van der Waals surface area contributed by atoms with E-state index in [-0.39, 0.29) is 0 Å². The van der Waals surface area contributed by atoms with Crippen LogP contribution in [0, 0.1) is 11.8 Å². The topological polar surface area (TPSA) is 0 Å². The predicted molar refractivity (Wildman–Crippen MR) is 111 cm³/mol.